The maximum absolute atomic E-state index is 11.7. The third-order valence-corrected chi connectivity index (χ3v) is 2.88. The van der Waals surface area contributed by atoms with E-state index < -0.39 is 11.0 Å². The highest BCUT2D eigenvalue weighted by Crippen LogP contribution is 2.27. The molecule has 2 N–H and O–H groups in total. The lowest BCUT2D eigenvalue weighted by Gasteiger charge is -2.11. The molecule has 1 aromatic heterocycles. The van der Waals surface area contributed by atoms with Crippen molar-refractivity contribution in [2.75, 3.05) is 11.9 Å². The summed E-state index contributed by atoms with van der Waals surface area (Å²) in [5, 5.41) is 16.4. The molecule has 0 aliphatic carbocycles. The summed E-state index contributed by atoms with van der Waals surface area (Å²) < 4.78 is 5.38. The standard InChI is InChI=1S/C13H16N4O4/c1-3-7-14-12(18)8(2)15-13-16-11-9(17(19)20)5-4-6-10(11)21-13/h4-6,8H,3,7H2,1-2H3,(H,14,18)(H,15,16). The van der Waals surface area contributed by atoms with Crippen molar-refractivity contribution in [1.82, 2.24) is 10.3 Å². The summed E-state index contributed by atoms with van der Waals surface area (Å²) in [7, 11) is 0. The lowest BCUT2D eigenvalue weighted by Crippen LogP contribution is -2.37. The Morgan fingerprint density at radius 3 is 2.95 bits per heavy atom. The molecule has 8 heteroatoms. The van der Waals surface area contributed by atoms with E-state index in [2.05, 4.69) is 15.6 Å². The predicted molar refractivity (Wildman–Crippen MR) is 77.0 cm³/mol. The van der Waals surface area contributed by atoms with Gasteiger partial charge in [-0.05, 0) is 19.4 Å². The molecule has 0 saturated carbocycles. The van der Waals surface area contributed by atoms with Gasteiger partial charge in [-0.2, -0.15) is 4.98 Å². The van der Waals surface area contributed by atoms with Gasteiger partial charge in [-0.25, -0.2) is 0 Å². The molecule has 2 aromatic rings. The molecule has 1 atom stereocenters. The van der Waals surface area contributed by atoms with Crippen LogP contribution in [0.1, 0.15) is 20.3 Å². The highest BCUT2D eigenvalue weighted by atomic mass is 16.6. The third-order valence-electron chi connectivity index (χ3n) is 2.88. The maximum Gasteiger partial charge on any atom is 0.298 e. The molecule has 0 aliphatic rings. The number of carbonyl (C=O) groups is 1. The first-order valence-corrected chi connectivity index (χ1v) is 6.61. The summed E-state index contributed by atoms with van der Waals surface area (Å²) in [5.74, 6) is -0.186. The number of fused-ring (bicyclic) bond motifs is 1. The van der Waals surface area contributed by atoms with Crippen molar-refractivity contribution in [2.24, 2.45) is 0 Å². The molecule has 0 radical (unpaired) electrons. The molecule has 1 unspecified atom stereocenters. The number of amides is 1. The summed E-state index contributed by atoms with van der Waals surface area (Å²) in [4.78, 5) is 26.2. The molecule has 112 valence electrons. The second-order valence-corrected chi connectivity index (χ2v) is 4.56. The summed E-state index contributed by atoms with van der Waals surface area (Å²) in [5.41, 5.74) is 0.325. The van der Waals surface area contributed by atoms with Crippen molar-refractivity contribution >= 4 is 28.7 Å². The van der Waals surface area contributed by atoms with Gasteiger partial charge < -0.3 is 15.1 Å². The van der Waals surface area contributed by atoms with E-state index >= 15 is 0 Å². The number of nitro groups is 1. The van der Waals surface area contributed by atoms with Gasteiger partial charge in [0, 0.05) is 12.6 Å². The Morgan fingerprint density at radius 1 is 1.52 bits per heavy atom. The number of benzene rings is 1. The number of nitro benzene ring substituents is 1. The van der Waals surface area contributed by atoms with Gasteiger partial charge in [-0.1, -0.05) is 13.0 Å². The van der Waals surface area contributed by atoms with E-state index in [1.165, 1.54) is 12.1 Å². The highest BCUT2D eigenvalue weighted by molar-refractivity contribution is 5.86. The van der Waals surface area contributed by atoms with E-state index in [9.17, 15) is 14.9 Å². The molecule has 0 saturated heterocycles. The minimum atomic E-state index is -0.552. The van der Waals surface area contributed by atoms with Gasteiger partial charge >= 0.3 is 0 Å². The molecule has 1 aromatic carbocycles. The molecule has 1 heterocycles. The van der Waals surface area contributed by atoms with Gasteiger partial charge in [0.1, 0.15) is 6.04 Å². The fourth-order valence-corrected chi connectivity index (χ4v) is 1.80. The van der Waals surface area contributed by atoms with Crippen LogP contribution in [0.5, 0.6) is 0 Å². The van der Waals surface area contributed by atoms with E-state index in [-0.39, 0.29) is 23.1 Å². The monoisotopic (exact) mass is 292 g/mol. The van der Waals surface area contributed by atoms with Crippen molar-refractivity contribution in [3.8, 4) is 0 Å². The number of non-ortho nitro benzene ring substituents is 1. The third kappa shape index (κ3) is 3.28. The Kier molecular flexibility index (Phi) is 4.36. The van der Waals surface area contributed by atoms with Crippen molar-refractivity contribution in [3.63, 3.8) is 0 Å². The Bertz CT molecular complexity index is 667. The number of para-hydroxylation sites is 1. The summed E-state index contributed by atoms with van der Waals surface area (Å²) in [6.45, 7) is 4.20. The number of hydrogen-bond donors (Lipinski definition) is 2. The Morgan fingerprint density at radius 2 is 2.29 bits per heavy atom. The minimum Gasteiger partial charge on any atom is -0.423 e. The first-order valence-electron chi connectivity index (χ1n) is 6.61. The van der Waals surface area contributed by atoms with Crippen LogP contribution in [0.2, 0.25) is 0 Å². The number of aromatic nitrogens is 1. The predicted octanol–water partition coefficient (Wildman–Crippen LogP) is 2.06. The molecular weight excluding hydrogens is 276 g/mol. The Labute approximate surface area is 120 Å². The van der Waals surface area contributed by atoms with Crippen LogP contribution in [-0.2, 0) is 4.79 Å². The quantitative estimate of drug-likeness (QED) is 0.623. The average molecular weight is 292 g/mol. The highest BCUT2D eigenvalue weighted by Gasteiger charge is 2.19. The lowest BCUT2D eigenvalue weighted by atomic mass is 10.3. The van der Waals surface area contributed by atoms with Crippen LogP contribution < -0.4 is 10.6 Å². The molecule has 0 bridgehead atoms. The zero-order valence-electron chi connectivity index (χ0n) is 11.8. The molecule has 2 rings (SSSR count). The summed E-state index contributed by atoms with van der Waals surface area (Å²) >= 11 is 0. The molecule has 0 spiro atoms. The molecule has 21 heavy (non-hydrogen) atoms. The van der Waals surface area contributed by atoms with Crippen LogP contribution >= 0.6 is 0 Å². The van der Waals surface area contributed by atoms with Gasteiger partial charge in [0.25, 0.3) is 11.7 Å². The Balaban J connectivity index is 2.18. The first-order chi connectivity index (χ1) is 10.0. The van der Waals surface area contributed by atoms with Crippen LogP contribution in [0, 0.1) is 10.1 Å². The van der Waals surface area contributed by atoms with Gasteiger partial charge in [-0.3, -0.25) is 14.9 Å². The zero-order valence-corrected chi connectivity index (χ0v) is 11.8. The number of hydrogen-bond acceptors (Lipinski definition) is 6. The number of nitrogens with zero attached hydrogens (tertiary/aromatic N) is 2. The van der Waals surface area contributed by atoms with Crippen LogP contribution in [0.3, 0.4) is 0 Å². The second kappa shape index (κ2) is 6.21. The number of anilines is 1. The largest absolute Gasteiger partial charge is 0.423 e. The van der Waals surface area contributed by atoms with Crippen LogP contribution in [0.15, 0.2) is 22.6 Å². The lowest BCUT2D eigenvalue weighted by molar-refractivity contribution is -0.383. The summed E-state index contributed by atoms with van der Waals surface area (Å²) in [6.07, 6.45) is 0.841. The fourth-order valence-electron chi connectivity index (χ4n) is 1.80. The van der Waals surface area contributed by atoms with Gasteiger partial charge in [0.15, 0.2) is 11.1 Å². The van der Waals surface area contributed by atoms with Crippen molar-refractivity contribution in [3.05, 3.63) is 28.3 Å². The van der Waals surface area contributed by atoms with Crippen LogP contribution in [-0.4, -0.2) is 28.4 Å². The zero-order chi connectivity index (χ0) is 15.4. The minimum absolute atomic E-state index is 0.0819. The number of rotatable bonds is 6. The number of carbonyl (C=O) groups excluding carboxylic acids is 1. The van der Waals surface area contributed by atoms with Gasteiger partial charge in [0.2, 0.25) is 5.91 Å². The van der Waals surface area contributed by atoms with Crippen LogP contribution in [0.4, 0.5) is 11.7 Å². The van der Waals surface area contributed by atoms with E-state index in [4.69, 9.17) is 4.42 Å². The van der Waals surface area contributed by atoms with E-state index in [0.29, 0.717) is 12.1 Å². The first kappa shape index (κ1) is 14.8. The van der Waals surface area contributed by atoms with Crippen molar-refractivity contribution < 1.29 is 14.1 Å². The normalized spacial score (nSPS) is 12.1. The second-order valence-electron chi connectivity index (χ2n) is 4.56. The van der Waals surface area contributed by atoms with E-state index in [0.717, 1.165) is 6.42 Å². The molecule has 1 amide bonds. The average Bonchev–Trinajstić information content (AvgIpc) is 2.86. The van der Waals surface area contributed by atoms with Gasteiger partial charge in [-0.15, -0.1) is 0 Å². The van der Waals surface area contributed by atoms with Crippen LogP contribution in [0.25, 0.3) is 11.1 Å². The van der Waals surface area contributed by atoms with Gasteiger partial charge in [0.05, 0.1) is 4.92 Å². The van der Waals surface area contributed by atoms with Crippen molar-refractivity contribution in [1.29, 1.82) is 0 Å². The maximum atomic E-state index is 11.7. The number of oxazole rings is 1. The summed E-state index contributed by atoms with van der Waals surface area (Å²) in [6, 6.07) is 3.99. The molecular formula is C13H16N4O4. The smallest absolute Gasteiger partial charge is 0.298 e. The van der Waals surface area contributed by atoms with E-state index in [1.54, 1.807) is 13.0 Å². The van der Waals surface area contributed by atoms with E-state index in [1.807, 2.05) is 6.92 Å². The fraction of sp³-hybridized carbons (Fsp3) is 0.385. The molecule has 8 nitrogen and oxygen atoms in total. The molecule has 0 aliphatic heterocycles. The van der Waals surface area contributed by atoms with Crippen molar-refractivity contribution in [2.45, 2.75) is 26.3 Å². The Hall–Kier alpha value is -2.64. The SMILES string of the molecule is CCCNC(=O)C(C)Nc1nc2c([N+](=O)[O-])cccc2o1. The number of nitrogens with one attached hydrogen (secondary N) is 2. The topological polar surface area (TPSA) is 110 Å². The molecule has 0 fully saturated rings.